The van der Waals surface area contributed by atoms with Crippen molar-refractivity contribution in [3.05, 3.63) is 24.3 Å². The number of allylic oxidation sites excluding steroid dienone is 3. The van der Waals surface area contributed by atoms with E-state index in [1.807, 2.05) is 6.08 Å². The van der Waals surface area contributed by atoms with Crippen LogP contribution in [0.4, 0.5) is 0 Å². The molecule has 0 aromatic rings. The number of nitrogens with one attached hydrogen (secondary N) is 4. The van der Waals surface area contributed by atoms with E-state index in [1.54, 1.807) is 6.08 Å². The van der Waals surface area contributed by atoms with E-state index >= 15 is 0 Å². The summed E-state index contributed by atoms with van der Waals surface area (Å²) in [5.74, 6) is -2.75. The summed E-state index contributed by atoms with van der Waals surface area (Å²) in [6.45, 7) is 1.23. The van der Waals surface area contributed by atoms with Gasteiger partial charge in [0.05, 0.1) is 58.4 Å². The Kier molecular flexibility index (Phi) is 50.7. The van der Waals surface area contributed by atoms with Gasteiger partial charge < -0.3 is 165 Å². The van der Waals surface area contributed by atoms with Gasteiger partial charge in [0.1, 0.15) is 146 Å². The van der Waals surface area contributed by atoms with Crippen LogP contribution in [0.3, 0.4) is 0 Å². The van der Waals surface area contributed by atoms with Gasteiger partial charge >= 0.3 is 0 Å². The molecule has 37 heteroatoms. The summed E-state index contributed by atoms with van der Waals surface area (Å²) in [5, 5.41) is 202. The number of hydrogen-bond acceptors (Lipinski definition) is 33. The van der Waals surface area contributed by atoms with Crippen LogP contribution in [0, 0.1) is 0 Å². The molecule has 0 aliphatic carbocycles. The second-order valence-corrected chi connectivity index (χ2v) is 33.2. The van der Waals surface area contributed by atoms with Crippen LogP contribution >= 0.6 is 0 Å². The van der Waals surface area contributed by atoms with Crippen molar-refractivity contribution in [1.29, 1.82) is 0 Å². The summed E-state index contributed by atoms with van der Waals surface area (Å²) in [7, 11) is 0. The molecule has 0 aromatic carbocycles. The molecule has 6 rings (SSSR count). The van der Waals surface area contributed by atoms with Gasteiger partial charge in [-0.15, -0.1) is 0 Å². The van der Waals surface area contributed by atoms with Crippen LogP contribution in [0.5, 0.6) is 0 Å². The predicted molar refractivity (Wildman–Crippen MR) is 433 cm³/mol. The number of ether oxygens (including phenoxy) is 12. The normalized spacial score (nSPS) is 35.3. The van der Waals surface area contributed by atoms with E-state index in [4.69, 9.17) is 56.8 Å². The lowest BCUT2D eigenvalue weighted by Crippen LogP contribution is -2.71. The van der Waals surface area contributed by atoms with Crippen LogP contribution in [-0.2, 0) is 76.0 Å². The molecule has 6 fully saturated rings. The molecule has 21 N–H and O–H groups in total. The molecule has 6 aliphatic rings. The van der Waals surface area contributed by atoms with E-state index in [0.29, 0.717) is 12.8 Å². The molecule has 6 aliphatic heterocycles. The van der Waals surface area contributed by atoms with Crippen molar-refractivity contribution in [3.63, 3.8) is 0 Å². The fraction of sp³-hybridized carbons (Fsp3) is 0.905. The minimum atomic E-state index is -2.36. The molecule has 0 spiro atoms. The van der Waals surface area contributed by atoms with Crippen LogP contribution in [0.25, 0.3) is 0 Å². The van der Waals surface area contributed by atoms with E-state index in [1.165, 1.54) is 122 Å². The third kappa shape index (κ3) is 34.3. The molecule has 0 bridgehead atoms. The van der Waals surface area contributed by atoms with Gasteiger partial charge in [-0.2, -0.15) is 0 Å². The van der Waals surface area contributed by atoms with Crippen LogP contribution < -0.4 is 21.3 Å². The largest absolute Gasteiger partial charge is 0.394 e. The number of hydrogen-bond donors (Lipinski definition) is 21. The second-order valence-electron chi connectivity index (χ2n) is 33.2. The average Bonchev–Trinajstić information content (AvgIpc) is 0.766. The summed E-state index contributed by atoms with van der Waals surface area (Å²) in [6.07, 6.45) is -10.7. The minimum Gasteiger partial charge on any atom is -0.394 e. The van der Waals surface area contributed by atoms with Crippen molar-refractivity contribution in [3.8, 4) is 0 Å². The van der Waals surface area contributed by atoms with Crippen LogP contribution in [0.15, 0.2) is 24.3 Å². The Morgan fingerprint density at radius 3 is 1.12 bits per heavy atom. The van der Waals surface area contributed by atoms with Crippen molar-refractivity contribution >= 4 is 23.6 Å². The van der Waals surface area contributed by atoms with Gasteiger partial charge in [-0.1, -0.05) is 192 Å². The first-order valence-electron chi connectivity index (χ1n) is 44.6. The number of amides is 4. The van der Waals surface area contributed by atoms with Gasteiger partial charge in [0, 0.05) is 27.2 Å². The lowest BCUT2D eigenvalue weighted by atomic mass is 9.93. The Morgan fingerprint density at radius 1 is 0.331 bits per heavy atom. The van der Waals surface area contributed by atoms with Crippen molar-refractivity contribution in [2.24, 2.45) is 0 Å². The summed E-state index contributed by atoms with van der Waals surface area (Å²) in [5.41, 5.74) is 0. The summed E-state index contributed by atoms with van der Waals surface area (Å²) >= 11 is 0. The molecule has 6 saturated heterocycles. The Bertz CT molecular complexity index is 2890. The topological polar surface area (TPSA) is 571 Å². The highest BCUT2D eigenvalue weighted by Crippen LogP contribution is 2.38. The van der Waals surface area contributed by atoms with Crippen molar-refractivity contribution in [1.82, 2.24) is 21.3 Å². The van der Waals surface area contributed by atoms with Gasteiger partial charge in [0.2, 0.25) is 23.6 Å². The highest BCUT2D eigenvalue weighted by Gasteiger charge is 2.58. The Balaban J connectivity index is 1.17. The number of aliphatic hydroxyl groups excluding tert-OH is 17. The summed E-state index contributed by atoms with van der Waals surface area (Å²) in [4.78, 5) is 51.6. The first kappa shape index (κ1) is 106. The summed E-state index contributed by atoms with van der Waals surface area (Å²) in [6, 6.07) is -6.13. The molecule has 0 saturated carbocycles. The van der Waals surface area contributed by atoms with Gasteiger partial charge in [-0.25, -0.2) is 0 Å². The predicted octanol–water partition coefficient (Wildman–Crippen LogP) is -0.164. The van der Waals surface area contributed by atoms with E-state index in [0.717, 1.165) is 85.0 Å². The monoisotopic (exact) mass is 1740 g/mol. The number of unbranched alkanes of at least 4 members (excludes halogenated alkanes) is 28. The Morgan fingerprint density at radius 2 is 0.669 bits per heavy atom. The molecule has 32 atom stereocenters. The highest BCUT2D eigenvalue weighted by atomic mass is 16.8. The number of rotatable bonds is 58. The molecular formula is C84H150N4O33. The molecule has 12 unspecified atom stereocenters. The average molecular weight is 1740 g/mol. The van der Waals surface area contributed by atoms with Crippen LogP contribution in [0.1, 0.15) is 240 Å². The number of aliphatic hydroxyl groups is 17. The molecule has 0 aromatic heterocycles. The third-order valence-corrected chi connectivity index (χ3v) is 23.3. The van der Waals surface area contributed by atoms with Crippen LogP contribution in [0.2, 0.25) is 0 Å². The van der Waals surface area contributed by atoms with E-state index < -0.39 is 260 Å². The maximum absolute atomic E-state index is 13.7. The zero-order chi connectivity index (χ0) is 88.5. The van der Waals surface area contributed by atoms with Gasteiger partial charge in [0.15, 0.2) is 37.7 Å². The maximum Gasteiger partial charge on any atom is 0.220 e. The van der Waals surface area contributed by atoms with Crippen molar-refractivity contribution in [2.75, 3.05) is 46.2 Å². The fourth-order valence-corrected chi connectivity index (χ4v) is 16.2. The first-order chi connectivity index (χ1) is 58.2. The quantitative estimate of drug-likeness (QED) is 0.0278. The smallest absolute Gasteiger partial charge is 0.220 e. The number of carbonyl (C=O) groups is 4. The maximum atomic E-state index is 13.7. The molecule has 4 amide bonds. The second kappa shape index (κ2) is 57.9. The SMILES string of the molecule is CCCCCCCC/C=C\CCCCCCCCCCCCCC(=O)N[C@@H](CO[C@@H]1OC(CO)[C@@H](O[C@@H]2OC(CO[C@@H]3OC(CO)[C@@H](O)[C@H](O)C3NC(C)=O)[C@H](O)[C@H](O[C@H]3OC(CO)[C@H](O)[C@H](O[C@@H]4OC(CO)[C@H](O)[C@H](O[C@H]5OC(CO)[C@H](O)[C@H](O)C5NC(C)=O)C4NC(C)=O)C3O)C2O)[C@H](O)C1O)[C@H](O)/C=C/CCCCCCCCCCCCC. The van der Waals surface area contributed by atoms with Gasteiger partial charge in [-0.3, -0.25) is 19.2 Å². The standard InChI is InChI=1S/C84H150N4O33/c1-6-8-10-12-14-16-18-20-21-22-23-24-25-26-27-29-31-33-35-37-39-41-60(98)88-52(53(97)40-38-36-34-32-30-28-19-17-15-13-11-9-7-2)47-110-82-72(107)71(106)75(58(46-93)116-82)118-84-74(109)78(68(103)59(117-84)48-111-79-61(85-49(3)94)69(104)64(99)54(42-89)112-79)121-83-73(108)77(67(102)57(45-92)115-83)120-81-63(87-51(5)96)76(66(101)56(44-91)114-81)119-80-62(86-50(4)95)70(105)65(100)55(43-90)113-80/h20-21,38,40,52-59,61-84,89-93,97,99-109H,6-19,22-37,39,41-48H2,1-5H3,(H,85,94)(H,86,95)(H,87,96)(H,88,98)/b21-20-,40-38+/t52-,53+,54?,55?,56?,57?,58?,59?,61?,62?,63?,64+,65-,66-,67-,68-,69+,70+,71+,72?,73?,74?,75+,76+,77-,78-,79+,80+,81-,82+,83+,84-/m0/s1. The Labute approximate surface area is 711 Å². The van der Waals surface area contributed by atoms with Crippen LogP contribution in [-0.4, -0.2) is 353 Å². The molecule has 704 valence electrons. The van der Waals surface area contributed by atoms with E-state index in [-0.39, 0.29) is 12.3 Å². The Hall–Kier alpha value is -3.80. The zero-order valence-electron chi connectivity index (χ0n) is 71.5. The lowest BCUT2D eigenvalue weighted by molar-refractivity contribution is -0.391. The molecule has 37 nitrogen and oxygen atoms in total. The van der Waals surface area contributed by atoms with Crippen molar-refractivity contribution < 1.29 is 163 Å². The summed E-state index contributed by atoms with van der Waals surface area (Å²) < 4.78 is 72.2. The number of carbonyl (C=O) groups excluding carboxylic acids is 4. The molecule has 6 heterocycles. The van der Waals surface area contributed by atoms with Gasteiger partial charge in [-0.05, 0) is 44.9 Å². The first-order valence-corrected chi connectivity index (χ1v) is 44.6. The highest BCUT2D eigenvalue weighted by molar-refractivity contribution is 5.76. The zero-order valence-corrected chi connectivity index (χ0v) is 71.5. The van der Waals surface area contributed by atoms with E-state index in [2.05, 4.69) is 47.3 Å². The molecule has 0 radical (unpaired) electrons. The molecule has 121 heavy (non-hydrogen) atoms. The third-order valence-electron chi connectivity index (χ3n) is 23.3. The van der Waals surface area contributed by atoms with Gasteiger partial charge in [0.25, 0.3) is 0 Å². The molecular weight excluding hydrogens is 1590 g/mol. The lowest BCUT2D eigenvalue weighted by Gasteiger charge is -2.50. The van der Waals surface area contributed by atoms with E-state index in [9.17, 15) is 106 Å². The van der Waals surface area contributed by atoms with Crippen molar-refractivity contribution in [2.45, 2.75) is 436 Å². The minimum absolute atomic E-state index is 0.141. The fourth-order valence-electron chi connectivity index (χ4n) is 16.2.